The van der Waals surface area contributed by atoms with Gasteiger partial charge in [-0.05, 0) is 67.4 Å². The number of anilines is 1. The highest BCUT2D eigenvalue weighted by molar-refractivity contribution is 5.90. The summed E-state index contributed by atoms with van der Waals surface area (Å²) in [6.07, 6.45) is 2.82. The fourth-order valence-corrected chi connectivity index (χ4v) is 5.41. The molecule has 1 aliphatic rings. The van der Waals surface area contributed by atoms with E-state index in [0.29, 0.717) is 12.2 Å². The van der Waals surface area contributed by atoms with Gasteiger partial charge in [0, 0.05) is 17.4 Å². The van der Waals surface area contributed by atoms with Crippen molar-refractivity contribution in [1.82, 2.24) is 19.2 Å². The first-order chi connectivity index (χ1) is 19.1. The summed E-state index contributed by atoms with van der Waals surface area (Å²) in [5.41, 5.74) is 6.91. The Bertz CT molecular complexity index is 1620. The van der Waals surface area contributed by atoms with Crippen LogP contribution in [0.3, 0.4) is 0 Å². The minimum atomic E-state index is -0.306. The number of ether oxygens (including phenoxy) is 1. The average molecular weight is 518 g/mol. The molecular formula is C32H31N5O2. The molecule has 0 saturated heterocycles. The summed E-state index contributed by atoms with van der Waals surface area (Å²) < 4.78 is 9.50. The van der Waals surface area contributed by atoms with E-state index in [4.69, 9.17) is 9.84 Å². The van der Waals surface area contributed by atoms with Crippen LogP contribution in [0.1, 0.15) is 41.0 Å². The highest BCUT2D eigenvalue weighted by Crippen LogP contribution is 2.39. The summed E-state index contributed by atoms with van der Waals surface area (Å²) in [7, 11) is 1.63. The van der Waals surface area contributed by atoms with Gasteiger partial charge in [-0.2, -0.15) is 5.10 Å². The van der Waals surface area contributed by atoms with Crippen LogP contribution in [-0.4, -0.2) is 32.4 Å². The van der Waals surface area contributed by atoms with Gasteiger partial charge in [-0.25, -0.2) is 9.48 Å². The number of fused-ring (bicyclic) bond motifs is 3. The fourth-order valence-electron chi connectivity index (χ4n) is 5.41. The molecule has 196 valence electrons. The lowest BCUT2D eigenvalue weighted by Gasteiger charge is -2.31. The smallest absolute Gasteiger partial charge is 0.322 e. The van der Waals surface area contributed by atoms with Crippen molar-refractivity contribution in [1.29, 1.82) is 0 Å². The van der Waals surface area contributed by atoms with Gasteiger partial charge < -0.3 is 19.5 Å². The molecule has 1 N–H and O–H groups in total. The zero-order valence-electron chi connectivity index (χ0n) is 22.3. The number of nitrogens with one attached hydrogen (secondary N) is 1. The van der Waals surface area contributed by atoms with Gasteiger partial charge >= 0.3 is 6.03 Å². The molecule has 0 saturated carbocycles. The molecule has 6 rings (SSSR count). The number of aryl methyl sites for hydroxylation is 2. The third-order valence-electron chi connectivity index (χ3n) is 7.26. The van der Waals surface area contributed by atoms with Crippen molar-refractivity contribution in [2.75, 3.05) is 12.4 Å². The highest BCUT2D eigenvalue weighted by Gasteiger charge is 2.36. The van der Waals surface area contributed by atoms with Crippen molar-refractivity contribution in [3.05, 3.63) is 125 Å². The predicted octanol–water partition coefficient (Wildman–Crippen LogP) is 6.68. The molecule has 7 heteroatoms. The first-order valence-corrected chi connectivity index (χ1v) is 13.2. The van der Waals surface area contributed by atoms with E-state index in [1.165, 1.54) is 0 Å². The van der Waals surface area contributed by atoms with Crippen LogP contribution < -0.4 is 10.1 Å². The number of hydrogen-bond donors (Lipinski definition) is 1. The maximum atomic E-state index is 14.1. The summed E-state index contributed by atoms with van der Waals surface area (Å²) in [5, 5.41) is 8.16. The molecule has 1 atom stereocenters. The van der Waals surface area contributed by atoms with Crippen molar-refractivity contribution in [3.8, 4) is 17.3 Å². The lowest BCUT2D eigenvalue weighted by Crippen LogP contribution is -2.38. The maximum absolute atomic E-state index is 14.1. The molecular weight excluding hydrogens is 486 g/mol. The Hall–Kier alpha value is -4.78. The number of amides is 2. The summed E-state index contributed by atoms with van der Waals surface area (Å²) in [6, 6.07) is 29.6. The van der Waals surface area contributed by atoms with Gasteiger partial charge in [0.1, 0.15) is 11.6 Å². The molecule has 39 heavy (non-hydrogen) atoms. The lowest BCUT2D eigenvalue weighted by atomic mass is 10.00. The van der Waals surface area contributed by atoms with E-state index >= 15 is 0 Å². The molecule has 3 aromatic carbocycles. The van der Waals surface area contributed by atoms with Gasteiger partial charge in [-0.15, -0.1) is 0 Å². The number of hydrogen-bond acceptors (Lipinski definition) is 3. The molecule has 2 amide bonds. The predicted molar refractivity (Wildman–Crippen MR) is 153 cm³/mol. The Morgan fingerprint density at radius 2 is 1.79 bits per heavy atom. The van der Waals surface area contributed by atoms with Crippen LogP contribution in [0, 0.1) is 6.92 Å². The van der Waals surface area contributed by atoms with E-state index in [0.717, 1.165) is 51.8 Å². The largest absolute Gasteiger partial charge is 0.497 e. The Labute approximate surface area is 228 Å². The van der Waals surface area contributed by atoms with Gasteiger partial charge in [-0.3, -0.25) is 0 Å². The van der Waals surface area contributed by atoms with Crippen LogP contribution in [0.15, 0.2) is 97.2 Å². The van der Waals surface area contributed by atoms with Crippen LogP contribution in [0.4, 0.5) is 10.5 Å². The normalized spacial score (nSPS) is 14.3. The lowest BCUT2D eigenvalue weighted by molar-refractivity contribution is 0.194. The Morgan fingerprint density at radius 3 is 2.51 bits per heavy atom. The van der Waals surface area contributed by atoms with Crippen molar-refractivity contribution >= 4 is 11.7 Å². The molecule has 0 radical (unpaired) electrons. The standard InChI is InChI=1S/C32H31N5O2/c1-4-28-27-21-36(32(38)33-24-15-17-26(39-3)18-16-24)30(23-11-8-10-22(2)20-23)29-14-9-19-35(29)31(27)37(34-28)25-12-6-5-7-13-25/h5-20,30H,4,21H2,1-3H3,(H,33,38)/t30-/m1/s1. The quantitative estimate of drug-likeness (QED) is 0.283. The first kappa shape index (κ1) is 24.6. The molecule has 1 aliphatic heterocycles. The maximum Gasteiger partial charge on any atom is 0.322 e. The van der Waals surface area contributed by atoms with Gasteiger partial charge in [-0.1, -0.05) is 55.0 Å². The molecule has 0 bridgehead atoms. The third kappa shape index (κ3) is 4.46. The van der Waals surface area contributed by atoms with Crippen LogP contribution in [0.2, 0.25) is 0 Å². The van der Waals surface area contributed by atoms with E-state index in [1.54, 1.807) is 7.11 Å². The minimum Gasteiger partial charge on any atom is -0.497 e. The number of carbonyl (C=O) groups is 1. The Balaban J connectivity index is 1.53. The number of benzene rings is 3. The number of urea groups is 1. The Kier molecular flexibility index (Phi) is 6.40. The number of para-hydroxylation sites is 1. The molecule has 7 nitrogen and oxygen atoms in total. The molecule has 0 fully saturated rings. The molecule has 0 unspecified atom stereocenters. The molecule has 2 aromatic heterocycles. The summed E-state index contributed by atoms with van der Waals surface area (Å²) in [5.74, 6) is 1.71. The second kappa shape index (κ2) is 10.2. The van der Waals surface area contributed by atoms with Crippen LogP contribution in [0.25, 0.3) is 11.5 Å². The van der Waals surface area contributed by atoms with E-state index < -0.39 is 0 Å². The second-order valence-corrected chi connectivity index (χ2v) is 9.76. The highest BCUT2D eigenvalue weighted by atomic mass is 16.5. The van der Waals surface area contributed by atoms with Crippen LogP contribution in [-0.2, 0) is 13.0 Å². The summed E-state index contributed by atoms with van der Waals surface area (Å²) in [4.78, 5) is 16.0. The summed E-state index contributed by atoms with van der Waals surface area (Å²) in [6.45, 7) is 4.60. The zero-order chi connectivity index (χ0) is 26.9. The SMILES string of the molecule is CCc1nn(-c2ccccc2)c2c1CN(C(=O)Nc1ccc(OC)cc1)[C@H](c1cccc(C)c1)c1cccn1-2. The number of rotatable bonds is 5. The average Bonchev–Trinajstić information content (AvgIpc) is 3.55. The van der Waals surface area contributed by atoms with E-state index in [9.17, 15) is 4.79 Å². The van der Waals surface area contributed by atoms with Gasteiger partial charge in [0.05, 0.1) is 36.8 Å². The fraction of sp³-hybridized carbons (Fsp3) is 0.188. The van der Waals surface area contributed by atoms with Gasteiger partial charge in [0.2, 0.25) is 0 Å². The van der Waals surface area contributed by atoms with Crippen molar-refractivity contribution in [2.45, 2.75) is 32.9 Å². The van der Waals surface area contributed by atoms with E-state index in [1.807, 2.05) is 58.1 Å². The van der Waals surface area contributed by atoms with Crippen molar-refractivity contribution in [2.24, 2.45) is 0 Å². The number of methoxy groups -OCH3 is 1. The molecule has 5 aromatic rings. The van der Waals surface area contributed by atoms with E-state index in [2.05, 4.69) is 72.4 Å². The van der Waals surface area contributed by atoms with Crippen LogP contribution >= 0.6 is 0 Å². The first-order valence-electron chi connectivity index (χ1n) is 13.2. The molecule has 0 aliphatic carbocycles. The minimum absolute atomic E-state index is 0.179. The number of nitrogens with zero attached hydrogens (tertiary/aromatic N) is 4. The topological polar surface area (TPSA) is 64.3 Å². The van der Waals surface area contributed by atoms with Crippen molar-refractivity contribution < 1.29 is 9.53 Å². The Morgan fingerprint density at radius 1 is 1.00 bits per heavy atom. The monoisotopic (exact) mass is 517 g/mol. The third-order valence-corrected chi connectivity index (χ3v) is 7.26. The van der Waals surface area contributed by atoms with Gasteiger partial charge in [0.15, 0.2) is 0 Å². The number of aromatic nitrogens is 3. The summed E-state index contributed by atoms with van der Waals surface area (Å²) >= 11 is 0. The molecule has 0 spiro atoms. The van der Waals surface area contributed by atoms with Crippen LogP contribution in [0.5, 0.6) is 5.75 Å². The zero-order valence-corrected chi connectivity index (χ0v) is 22.3. The van der Waals surface area contributed by atoms with E-state index in [-0.39, 0.29) is 12.1 Å². The molecule has 3 heterocycles. The second-order valence-electron chi connectivity index (χ2n) is 9.76. The van der Waals surface area contributed by atoms with Gasteiger partial charge in [0.25, 0.3) is 0 Å². The number of carbonyl (C=O) groups excluding carboxylic acids is 1. The van der Waals surface area contributed by atoms with Crippen molar-refractivity contribution in [3.63, 3.8) is 0 Å².